The van der Waals surface area contributed by atoms with Crippen molar-refractivity contribution in [2.24, 2.45) is 5.92 Å². The molecule has 3 atom stereocenters. The molecule has 0 bridgehead atoms. The first-order valence-corrected chi connectivity index (χ1v) is 7.46. The molecule has 0 amide bonds. The molecule has 1 aromatic rings. The summed E-state index contributed by atoms with van der Waals surface area (Å²) in [6.45, 7) is 4.64. The topological polar surface area (TPSA) is 12.0 Å². The molecule has 0 saturated heterocycles. The molecule has 1 aliphatic carbocycles. The third-order valence-corrected chi connectivity index (χ3v) is 4.26. The van der Waals surface area contributed by atoms with Crippen LogP contribution in [0.2, 0.25) is 0 Å². The third kappa shape index (κ3) is 3.82. The standard InChI is InChI=1S/C15H22BrN/c1-11-5-3-8-15(9-11)17-12(2)13-6-4-7-14(16)10-13/h4,6-7,10-12,15,17H,3,5,8-9H2,1-2H3/t11?,12-,15?/m1/s1. The molecule has 2 heteroatoms. The van der Waals surface area contributed by atoms with Crippen LogP contribution in [0.1, 0.15) is 51.1 Å². The zero-order valence-electron chi connectivity index (χ0n) is 10.7. The predicted molar refractivity (Wildman–Crippen MR) is 77.1 cm³/mol. The van der Waals surface area contributed by atoms with Crippen molar-refractivity contribution in [3.63, 3.8) is 0 Å². The average molecular weight is 296 g/mol. The molecule has 1 fully saturated rings. The highest BCUT2D eigenvalue weighted by atomic mass is 79.9. The van der Waals surface area contributed by atoms with Crippen LogP contribution in [0.3, 0.4) is 0 Å². The zero-order valence-corrected chi connectivity index (χ0v) is 12.3. The summed E-state index contributed by atoms with van der Waals surface area (Å²) in [5.74, 6) is 0.885. The van der Waals surface area contributed by atoms with E-state index in [1.165, 1.54) is 35.7 Å². The summed E-state index contributed by atoms with van der Waals surface area (Å²) in [6.07, 6.45) is 5.45. The number of hydrogen-bond donors (Lipinski definition) is 1. The normalized spacial score (nSPS) is 26.8. The highest BCUT2D eigenvalue weighted by molar-refractivity contribution is 9.10. The molecular weight excluding hydrogens is 274 g/mol. The Balaban J connectivity index is 1.94. The monoisotopic (exact) mass is 295 g/mol. The zero-order chi connectivity index (χ0) is 12.3. The van der Waals surface area contributed by atoms with E-state index in [4.69, 9.17) is 0 Å². The molecule has 94 valence electrons. The van der Waals surface area contributed by atoms with Crippen LogP contribution < -0.4 is 5.32 Å². The summed E-state index contributed by atoms with van der Waals surface area (Å²) >= 11 is 3.54. The second kappa shape index (κ2) is 6.01. The van der Waals surface area contributed by atoms with Crippen molar-refractivity contribution >= 4 is 15.9 Å². The fraction of sp³-hybridized carbons (Fsp3) is 0.600. The number of benzene rings is 1. The maximum Gasteiger partial charge on any atom is 0.0294 e. The number of rotatable bonds is 3. The lowest BCUT2D eigenvalue weighted by Crippen LogP contribution is -2.35. The Bertz CT molecular complexity index is 364. The van der Waals surface area contributed by atoms with Gasteiger partial charge in [0.1, 0.15) is 0 Å². The number of halogens is 1. The Kier molecular flexibility index (Phi) is 4.63. The van der Waals surface area contributed by atoms with Crippen molar-refractivity contribution < 1.29 is 0 Å². The quantitative estimate of drug-likeness (QED) is 0.854. The Hall–Kier alpha value is -0.340. The highest BCUT2D eigenvalue weighted by Crippen LogP contribution is 2.26. The average Bonchev–Trinajstić information content (AvgIpc) is 2.29. The molecule has 1 N–H and O–H groups in total. The SMILES string of the molecule is CC1CCCC(N[C@H](C)c2cccc(Br)c2)C1. The van der Waals surface area contributed by atoms with E-state index in [1.807, 2.05) is 0 Å². The van der Waals surface area contributed by atoms with Gasteiger partial charge in [0.15, 0.2) is 0 Å². The third-order valence-electron chi connectivity index (χ3n) is 3.77. The Morgan fingerprint density at radius 1 is 1.35 bits per heavy atom. The predicted octanol–water partition coefficient (Wildman–Crippen LogP) is 4.68. The minimum atomic E-state index is 0.447. The van der Waals surface area contributed by atoms with Crippen molar-refractivity contribution in [2.45, 2.75) is 51.6 Å². The molecule has 1 aliphatic rings. The molecular formula is C15H22BrN. The number of hydrogen-bond acceptors (Lipinski definition) is 1. The van der Waals surface area contributed by atoms with Crippen molar-refractivity contribution in [1.29, 1.82) is 0 Å². The second-order valence-corrected chi connectivity index (χ2v) is 6.33. The van der Waals surface area contributed by atoms with Crippen molar-refractivity contribution in [1.82, 2.24) is 5.32 Å². The van der Waals surface area contributed by atoms with Gasteiger partial charge in [-0.05, 0) is 43.4 Å². The van der Waals surface area contributed by atoms with Gasteiger partial charge >= 0.3 is 0 Å². The maximum absolute atomic E-state index is 3.77. The van der Waals surface area contributed by atoms with Gasteiger partial charge in [-0.25, -0.2) is 0 Å². The minimum absolute atomic E-state index is 0.447. The largest absolute Gasteiger partial charge is 0.307 e. The molecule has 1 nitrogen and oxygen atoms in total. The van der Waals surface area contributed by atoms with Crippen molar-refractivity contribution in [2.75, 3.05) is 0 Å². The van der Waals surface area contributed by atoms with E-state index < -0.39 is 0 Å². The Morgan fingerprint density at radius 3 is 2.88 bits per heavy atom. The second-order valence-electron chi connectivity index (χ2n) is 5.41. The van der Waals surface area contributed by atoms with E-state index in [1.54, 1.807) is 0 Å². The van der Waals surface area contributed by atoms with E-state index in [9.17, 15) is 0 Å². The van der Waals surface area contributed by atoms with Crippen molar-refractivity contribution in [3.8, 4) is 0 Å². The van der Waals surface area contributed by atoms with Crippen molar-refractivity contribution in [3.05, 3.63) is 34.3 Å². The van der Waals surface area contributed by atoms with Gasteiger partial charge in [0.05, 0.1) is 0 Å². The molecule has 2 unspecified atom stereocenters. The van der Waals surface area contributed by atoms with Gasteiger partial charge in [0, 0.05) is 16.6 Å². The van der Waals surface area contributed by atoms with Crippen LogP contribution in [0.25, 0.3) is 0 Å². The van der Waals surface area contributed by atoms with Crippen LogP contribution in [-0.4, -0.2) is 6.04 Å². The van der Waals surface area contributed by atoms with Gasteiger partial charge in [0.2, 0.25) is 0 Å². The molecule has 1 aromatic carbocycles. The molecule has 17 heavy (non-hydrogen) atoms. The van der Waals surface area contributed by atoms with Crippen LogP contribution in [0.4, 0.5) is 0 Å². The van der Waals surface area contributed by atoms with Crippen LogP contribution in [0, 0.1) is 5.92 Å². The lowest BCUT2D eigenvalue weighted by Gasteiger charge is -2.30. The highest BCUT2D eigenvalue weighted by Gasteiger charge is 2.20. The summed E-state index contributed by atoms with van der Waals surface area (Å²) in [4.78, 5) is 0. The summed E-state index contributed by atoms with van der Waals surface area (Å²) in [6, 6.07) is 9.76. The van der Waals surface area contributed by atoms with Gasteiger partial charge in [-0.2, -0.15) is 0 Å². The maximum atomic E-state index is 3.77. The molecule has 0 spiro atoms. The van der Waals surface area contributed by atoms with E-state index in [2.05, 4.69) is 59.4 Å². The molecule has 0 heterocycles. The fourth-order valence-electron chi connectivity index (χ4n) is 2.81. The Labute approximate surface area is 113 Å². The van der Waals surface area contributed by atoms with Gasteiger partial charge in [-0.1, -0.05) is 47.8 Å². The first-order valence-electron chi connectivity index (χ1n) is 6.66. The van der Waals surface area contributed by atoms with Gasteiger partial charge < -0.3 is 5.32 Å². The lowest BCUT2D eigenvalue weighted by molar-refractivity contribution is 0.285. The van der Waals surface area contributed by atoms with E-state index in [-0.39, 0.29) is 0 Å². The van der Waals surface area contributed by atoms with Gasteiger partial charge in [-0.3, -0.25) is 0 Å². The summed E-state index contributed by atoms with van der Waals surface area (Å²) in [5.41, 5.74) is 1.37. The minimum Gasteiger partial charge on any atom is -0.307 e. The molecule has 1 saturated carbocycles. The summed E-state index contributed by atoms with van der Waals surface area (Å²) in [7, 11) is 0. The smallest absolute Gasteiger partial charge is 0.0294 e. The molecule has 0 aliphatic heterocycles. The number of nitrogens with one attached hydrogen (secondary N) is 1. The van der Waals surface area contributed by atoms with Crippen LogP contribution in [0.5, 0.6) is 0 Å². The van der Waals surface area contributed by atoms with Gasteiger partial charge in [-0.15, -0.1) is 0 Å². The summed E-state index contributed by atoms with van der Waals surface area (Å²) in [5, 5.41) is 3.77. The molecule has 0 aromatic heterocycles. The molecule has 2 rings (SSSR count). The van der Waals surface area contributed by atoms with E-state index in [0.717, 1.165) is 5.92 Å². The lowest BCUT2D eigenvalue weighted by atomic mass is 9.86. The first-order chi connectivity index (χ1) is 8.15. The van der Waals surface area contributed by atoms with Crippen LogP contribution >= 0.6 is 15.9 Å². The Morgan fingerprint density at radius 2 is 2.18 bits per heavy atom. The van der Waals surface area contributed by atoms with Crippen LogP contribution in [-0.2, 0) is 0 Å². The van der Waals surface area contributed by atoms with E-state index >= 15 is 0 Å². The van der Waals surface area contributed by atoms with Gasteiger partial charge in [0.25, 0.3) is 0 Å². The first kappa shape index (κ1) is 13.1. The van der Waals surface area contributed by atoms with E-state index in [0.29, 0.717) is 12.1 Å². The molecule has 0 radical (unpaired) electrons. The fourth-order valence-corrected chi connectivity index (χ4v) is 3.23. The van der Waals surface area contributed by atoms with Crippen LogP contribution in [0.15, 0.2) is 28.7 Å². The summed E-state index contributed by atoms with van der Waals surface area (Å²) < 4.78 is 1.17.